The molecule has 2 aromatic rings. The summed E-state index contributed by atoms with van der Waals surface area (Å²) in [7, 11) is 0. The molecule has 0 radical (unpaired) electrons. The van der Waals surface area contributed by atoms with E-state index in [9.17, 15) is 14.4 Å². The second-order valence-electron chi connectivity index (χ2n) is 11.3. The predicted octanol–water partition coefficient (Wildman–Crippen LogP) is 2.81. The normalized spacial score (nSPS) is 19.6. The Morgan fingerprint density at radius 3 is 2.29 bits per heavy atom. The molecule has 13 heteroatoms. The maximum Gasteiger partial charge on any atom is 0.354 e. The first kappa shape index (κ1) is 32.8. The Balaban J connectivity index is 0.00000462. The van der Waals surface area contributed by atoms with Crippen LogP contribution in [0.15, 0.2) is 35.3 Å². The van der Waals surface area contributed by atoms with Crippen molar-refractivity contribution in [1.29, 1.82) is 0 Å². The predicted molar refractivity (Wildman–Crippen MR) is 164 cm³/mol. The number of amides is 3. The molecule has 1 saturated heterocycles. The van der Waals surface area contributed by atoms with E-state index in [-0.39, 0.29) is 30.2 Å². The van der Waals surface area contributed by atoms with Crippen LogP contribution in [-0.2, 0) is 11.3 Å². The molecule has 4 rings (SSSR count). The number of piperazine rings is 1. The molecule has 1 aromatic carbocycles. The van der Waals surface area contributed by atoms with E-state index in [0.29, 0.717) is 49.0 Å². The van der Waals surface area contributed by atoms with Gasteiger partial charge in [0.15, 0.2) is 0 Å². The van der Waals surface area contributed by atoms with Crippen LogP contribution in [0.25, 0.3) is 5.69 Å². The van der Waals surface area contributed by atoms with Crippen molar-refractivity contribution in [2.24, 2.45) is 11.5 Å². The van der Waals surface area contributed by atoms with Crippen molar-refractivity contribution in [3.8, 4) is 5.69 Å². The summed E-state index contributed by atoms with van der Waals surface area (Å²) in [5.41, 5.74) is 12.1. The van der Waals surface area contributed by atoms with E-state index in [2.05, 4.69) is 22.1 Å². The number of nitrogens with zero attached hydrogens (tertiary/aromatic N) is 5. The number of halogens is 2. The molecule has 1 aromatic heterocycles. The van der Waals surface area contributed by atoms with Gasteiger partial charge in [0.25, 0.3) is 0 Å². The van der Waals surface area contributed by atoms with Crippen LogP contribution in [0.3, 0.4) is 0 Å². The third-order valence-electron chi connectivity index (χ3n) is 7.80. The van der Waals surface area contributed by atoms with E-state index in [1.807, 2.05) is 12.1 Å². The molecule has 1 saturated carbocycles. The van der Waals surface area contributed by atoms with Crippen molar-refractivity contribution in [2.45, 2.75) is 70.6 Å². The van der Waals surface area contributed by atoms with E-state index >= 15 is 0 Å². The Morgan fingerprint density at radius 1 is 1.10 bits per heavy atom. The van der Waals surface area contributed by atoms with Crippen molar-refractivity contribution < 1.29 is 9.59 Å². The van der Waals surface area contributed by atoms with Crippen LogP contribution < -0.4 is 22.5 Å². The zero-order valence-electron chi connectivity index (χ0n) is 24.0. The fourth-order valence-corrected chi connectivity index (χ4v) is 5.61. The van der Waals surface area contributed by atoms with Crippen molar-refractivity contribution in [1.82, 2.24) is 24.3 Å². The lowest BCUT2D eigenvalue weighted by Gasteiger charge is -2.37. The van der Waals surface area contributed by atoms with E-state index in [0.717, 1.165) is 44.3 Å². The van der Waals surface area contributed by atoms with Crippen LogP contribution in [0.4, 0.5) is 10.6 Å². The van der Waals surface area contributed by atoms with Crippen molar-refractivity contribution in [3.05, 3.63) is 51.5 Å². The summed E-state index contributed by atoms with van der Waals surface area (Å²) in [6, 6.07) is 7.58. The number of rotatable bonds is 7. The van der Waals surface area contributed by atoms with Gasteiger partial charge < -0.3 is 21.3 Å². The lowest BCUT2D eigenvalue weighted by Crippen LogP contribution is -2.58. The van der Waals surface area contributed by atoms with E-state index in [4.69, 9.17) is 23.1 Å². The van der Waals surface area contributed by atoms with Crippen LogP contribution in [-0.4, -0.2) is 86.5 Å². The number of anilines is 1. The molecular formula is C28H42Cl2N8O3. The minimum Gasteiger partial charge on any atom is -0.338 e. The van der Waals surface area contributed by atoms with Gasteiger partial charge in [-0.15, -0.1) is 12.4 Å². The fourth-order valence-electron chi connectivity index (χ4n) is 5.38. The highest BCUT2D eigenvalue weighted by molar-refractivity contribution is 6.31. The Labute approximate surface area is 252 Å². The molecule has 0 spiro atoms. The molecular weight excluding hydrogens is 567 g/mol. The molecule has 0 atom stereocenters. The number of carbonyl (C=O) groups is 2. The first-order valence-electron chi connectivity index (χ1n) is 14.0. The molecule has 1 aliphatic carbocycles. The molecule has 226 valence electrons. The van der Waals surface area contributed by atoms with Gasteiger partial charge in [-0.05, 0) is 69.8 Å². The highest BCUT2D eigenvalue weighted by Crippen LogP contribution is 2.27. The Kier molecular flexibility index (Phi) is 11.2. The molecule has 5 N–H and O–H groups in total. The van der Waals surface area contributed by atoms with Gasteiger partial charge in [-0.3, -0.25) is 19.6 Å². The van der Waals surface area contributed by atoms with Gasteiger partial charge in [-0.25, -0.2) is 9.59 Å². The molecule has 0 unspecified atom stereocenters. The van der Waals surface area contributed by atoms with Gasteiger partial charge in [0, 0.05) is 56.0 Å². The van der Waals surface area contributed by atoms with E-state index in [1.165, 1.54) is 4.57 Å². The van der Waals surface area contributed by atoms with Gasteiger partial charge in [0.2, 0.25) is 5.91 Å². The number of nitrogens with two attached hydrogens (primary N) is 2. The summed E-state index contributed by atoms with van der Waals surface area (Å²) >= 11 is 6.66. The first-order chi connectivity index (χ1) is 19.0. The maximum absolute atomic E-state index is 12.8. The van der Waals surface area contributed by atoms with Gasteiger partial charge >= 0.3 is 11.7 Å². The lowest BCUT2D eigenvalue weighted by atomic mass is 9.90. The highest BCUT2D eigenvalue weighted by atomic mass is 35.5. The van der Waals surface area contributed by atoms with Crippen LogP contribution in [0.2, 0.25) is 5.02 Å². The number of nitrogens with one attached hydrogen (secondary N) is 1. The minimum absolute atomic E-state index is 0. The molecule has 3 amide bonds. The Bertz CT molecular complexity index is 1270. The van der Waals surface area contributed by atoms with Crippen LogP contribution in [0.1, 0.15) is 52.0 Å². The maximum atomic E-state index is 12.8. The molecule has 2 heterocycles. The SMILES string of the molecule is CCN(Cc1ccc(-n2ccc(NC(=O)N3CCN(C(=O)C(C)(C)N)CC3)nc2=O)cc1Cl)[C@H]1CC[C@H](N)CC1.Cl. The fraction of sp³-hybridized carbons (Fsp3) is 0.571. The summed E-state index contributed by atoms with van der Waals surface area (Å²) in [6.45, 7) is 8.66. The summed E-state index contributed by atoms with van der Waals surface area (Å²) in [5.74, 6) is 0.00411. The second-order valence-corrected chi connectivity index (χ2v) is 11.7. The number of urea groups is 1. The van der Waals surface area contributed by atoms with Gasteiger partial charge in [-0.1, -0.05) is 24.6 Å². The summed E-state index contributed by atoms with van der Waals surface area (Å²) in [5, 5.41) is 3.27. The van der Waals surface area contributed by atoms with Gasteiger partial charge in [0.05, 0.1) is 11.2 Å². The third kappa shape index (κ3) is 8.20. The van der Waals surface area contributed by atoms with E-state index < -0.39 is 11.2 Å². The van der Waals surface area contributed by atoms with Crippen molar-refractivity contribution in [2.75, 3.05) is 38.0 Å². The largest absolute Gasteiger partial charge is 0.354 e. The second kappa shape index (κ2) is 14.0. The zero-order chi connectivity index (χ0) is 29.0. The Morgan fingerprint density at radius 2 is 1.73 bits per heavy atom. The number of hydrogen-bond donors (Lipinski definition) is 3. The van der Waals surface area contributed by atoms with Crippen LogP contribution in [0, 0.1) is 0 Å². The third-order valence-corrected chi connectivity index (χ3v) is 8.15. The molecule has 41 heavy (non-hydrogen) atoms. The highest BCUT2D eigenvalue weighted by Gasteiger charge is 2.31. The molecule has 2 aliphatic rings. The zero-order valence-corrected chi connectivity index (χ0v) is 25.6. The molecule has 11 nitrogen and oxygen atoms in total. The Hall–Kier alpha value is -2.70. The molecule has 1 aliphatic heterocycles. The van der Waals surface area contributed by atoms with Crippen molar-refractivity contribution >= 4 is 41.8 Å². The average molecular weight is 610 g/mol. The minimum atomic E-state index is -0.956. The number of carbonyl (C=O) groups excluding carboxylic acids is 2. The molecule has 0 bridgehead atoms. The summed E-state index contributed by atoms with van der Waals surface area (Å²) < 4.78 is 1.39. The molecule has 2 fully saturated rings. The standard InChI is InChI=1S/C28H41ClN8O3.ClH/c1-4-34(21-9-6-20(30)7-10-21)18-19-5-8-22(17-23(19)29)37-12-11-24(33-27(37)40)32-26(39)36-15-13-35(14-16-36)25(38)28(2,3)31;/h5,8,11-12,17,20-21H,4,6-7,9-10,13-16,18,30-31H2,1-3H3,(H,32,33,39,40);1H/t20-,21-;. The van der Waals surface area contributed by atoms with Gasteiger partial charge in [-0.2, -0.15) is 4.98 Å². The van der Waals surface area contributed by atoms with E-state index in [1.54, 1.807) is 42.0 Å². The first-order valence-corrected chi connectivity index (χ1v) is 14.4. The number of aromatic nitrogens is 2. The monoisotopic (exact) mass is 608 g/mol. The van der Waals surface area contributed by atoms with Crippen molar-refractivity contribution in [3.63, 3.8) is 0 Å². The quantitative estimate of drug-likeness (QED) is 0.438. The smallest absolute Gasteiger partial charge is 0.338 e. The number of hydrogen-bond acceptors (Lipinski definition) is 7. The van der Waals surface area contributed by atoms with Crippen LogP contribution in [0.5, 0.6) is 0 Å². The summed E-state index contributed by atoms with van der Waals surface area (Å²) in [4.78, 5) is 47.7. The van der Waals surface area contributed by atoms with Crippen LogP contribution >= 0.6 is 24.0 Å². The van der Waals surface area contributed by atoms with Gasteiger partial charge in [0.1, 0.15) is 5.82 Å². The average Bonchev–Trinajstić information content (AvgIpc) is 2.92. The lowest BCUT2D eigenvalue weighted by molar-refractivity contribution is -0.137. The topological polar surface area (TPSA) is 143 Å². The number of benzene rings is 1. The summed E-state index contributed by atoms with van der Waals surface area (Å²) in [6.07, 6.45) is 5.85.